The molecule has 0 fully saturated rings. The number of aromatic nitrogens is 2. The highest BCUT2D eigenvalue weighted by Crippen LogP contribution is 2.23. The molecule has 0 radical (unpaired) electrons. The van der Waals surface area contributed by atoms with Gasteiger partial charge in [0.05, 0.1) is 5.69 Å². The van der Waals surface area contributed by atoms with E-state index in [0.29, 0.717) is 39.4 Å². The summed E-state index contributed by atoms with van der Waals surface area (Å²) in [6.07, 6.45) is 0. The van der Waals surface area contributed by atoms with Gasteiger partial charge in [-0.3, -0.25) is 14.2 Å². The van der Waals surface area contributed by atoms with Crippen molar-refractivity contribution in [3.63, 3.8) is 0 Å². The Morgan fingerprint density at radius 3 is 2.29 bits per heavy atom. The molecule has 5 aromatic rings. The highest BCUT2D eigenvalue weighted by Gasteiger charge is 2.14. The number of alkyl halides is 1. The van der Waals surface area contributed by atoms with Crippen molar-refractivity contribution in [2.75, 3.05) is 5.32 Å². The minimum atomic E-state index is -0.578. The van der Waals surface area contributed by atoms with Crippen LogP contribution in [0.2, 0.25) is 0 Å². The largest absolute Gasteiger partial charge is 0.457 e. The second kappa shape index (κ2) is 9.07. The Morgan fingerprint density at radius 2 is 1.59 bits per heavy atom. The van der Waals surface area contributed by atoms with Gasteiger partial charge in [-0.1, -0.05) is 30.3 Å². The number of anilines is 1. The molecule has 0 aliphatic heterocycles. The number of carbonyl (C=O) groups is 1. The fourth-order valence-electron chi connectivity index (χ4n) is 3.66. The van der Waals surface area contributed by atoms with Crippen molar-refractivity contribution in [1.82, 2.24) is 9.55 Å². The summed E-state index contributed by atoms with van der Waals surface area (Å²) in [5, 5.41) is 3.54. The number of amides is 1. The summed E-state index contributed by atoms with van der Waals surface area (Å²) in [6, 6.07) is 27.9. The molecule has 2 aromatic heterocycles. The van der Waals surface area contributed by atoms with Gasteiger partial charge in [-0.25, -0.2) is 4.39 Å². The number of fused-ring (bicyclic) bond motifs is 1. The Kier molecular flexibility index (Phi) is 5.66. The standard InChI is InChI=1S/C27H20FN3O3/c28-17-18-6-11-21(12-7-18)31-25(32)15-8-19-16-24(30-26(19)31)27(33)29-20-9-13-23(14-10-20)34-22-4-2-1-3-5-22/h1-16,30H,17H2,(H,29,33). The Bertz CT molecular complexity index is 1510. The van der Waals surface area contributed by atoms with E-state index in [4.69, 9.17) is 4.74 Å². The van der Waals surface area contributed by atoms with Gasteiger partial charge in [-0.15, -0.1) is 0 Å². The van der Waals surface area contributed by atoms with Crippen molar-refractivity contribution in [2.45, 2.75) is 6.67 Å². The van der Waals surface area contributed by atoms with Crippen LogP contribution in [0.15, 0.2) is 102 Å². The topological polar surface area (TPSA) is 76.1 Å². The highest BCUT2D eigenvalue weighted by atomic mass is 19.1. The number of nitrogens with one attached hydrogen (secondary N) is 2. The van der Waals surface area contributed by atoms with Crippen LogP contribution in [0.4, 0.5) is 10.1 Å². The number of nitrogens with zero attached hydrogens (tertiary/aromatic N) is 1. The number of aromatic amines is 1. The smallest absolute Gasteiger partial charge is 0.272 e. The fourth-order valence-corrected chi connectivity index (χ4v) is 3.66. The van der Waals surface area contributed by atoms with Crippen LogP contribution in [0, 0.1) is 0 Å². The zero-order chi connectivity index (χ0) is 23.5. The van der Waals surface area contributed by atoms with Crippen LogP contribution in [0.25, 0.3) is 16.7 Å². The predicted octanol–water partition coefficient (Wildman–Crippen LogP) is 5.83. The van der Waals surface area contributed by atoms with Crippen molar-refractivity contribution in [3.05, 3.63) is 119 Å². The summed E-state index contributed by atoms with van der Waals surface area (Å²) in [7, 11) is 0. The van der Waals surface area contributed by atoms with Gasteiger partial charge in [0, 0.05) is 17.1 Å². The third-order valence-corrected chi connectivity index (χ3v) is 5.36. The van der Waals surface area contributed by atoms with Gasteiger partial charge in [0.25, 0.3) is 11.5 Å². The van der Waals surface area contributed by atoms with Crippen molar-refractivity contribution >= 4 is 22.6 Å². The van der Waals surface area contributed by atoms with E-state index in [1.807, 2.05) is 30.3 Å². The molecule has 2 heterocycles. The molecule has 6 nitrogen and oxygen atoms in total. The zero-order valence-electron chi connectivity index (χ0n) is 18.0. The number of hydrogen-bond acceptors (Lipinski definition) is 3. The Labute approximate surface area is 194 Å². The van der Waals surface area contributed by atoms with E-state index < -0.39 is 6.67 Å². The summed E-state index contributed by atoms with van der Waals surface area (Å²) in [6.45, 7) is -0.578. The first-order chi connectivity index (χ1) is 16.6. The lowest BCUT2D eigenvalue weighted by molar-refractivity contribution is 0.102. The minimum absolute atomic E-state index is 0.261. The maximum absolute atomic E-state index is 12.9. The summed E-state index contributed by atoms with van der Waals surface area (Å²) in [4.78, 5) is 28.5. The van der Waals surface area contributed by atoms with Gasteiger partial charge in [0.2, 0.25) is 0 Å². The Morgan fingerprint density at radius 1 is 0.882 bits per heavy atom. The number of carbonyl (C=O) groups excluding carboxylic acids is 1. The van der Waals surface area contributed by atoms with Crippen molar-refractivity contribution < 1.29 is 13.9 Å². The van der Waals surface area contributed by atoms with Gasteiger partial charge in [-0.2, -0.15) is 0 Å². The molecule has 7 heteroatoms. The first-order valence-corrected chi connectivity index (χ1v) is 10.6. The first kappa shape index (κ1) is 21.2. The van der Waals surface area contributed by atoms with E-state index in [2.05, 4.69) is 10.3 Å². The number of ether oxygens (including phenoxy) is 1. The lowest BCUT2D eigenvalue weighted by atomic mass is 10.2. The highest BCUT2D eigenvalue weighted by molar-refractivity contribution is 6.05. The predicted molar refractivity (Wildman–Crippen MR) is 130 cm³/mol. The summed E-state index contributed by atoms with van der Waals surface area (Å²) >= 11 is 0. The van der Waals surface area contributed by atoms with E-state index >= 15 is 0 Å². The van der Waals surface area contributed by atoms with E-state index in [1.165, 1.54) is 10.6 Å². The number of pyridine rings is 1. The summed E-state index contributed by atoms with van der Waals surface area (Å²) in [5.41, 5.74) is 2.23. The molecule has 0 bridgehead atoms. The minimum Gasteiger partial charge on any atom is -0.457 e. The van der Waals surface area contributed by atoms with Gasteiger partial charge < -0.3 is 15.0 Å². The number of rotatable bonds is 6. The van der Waals surface area contributed by atoms with Gasteiger partial charge in [-0.05, 0) is 66.2 Å². The number of H-pyrrole nitrogens is 1. The molecule has 0 aliphatic carbocycles. The van der Waals surface area contributed by atoms with Crippen LogP contribution in [0.3, 0.4) is 0 Å². The summed E-state index contributed by atoms with van der Waals surface area (Å²) in [5.74, 6) is 1.03. The average molecular weight is 453 g/mol. The third-order valence-electron chi connectivity index (χ3n) is 5.36. The molecule has 0 unspecified atom stereocenters. The molecule has 0 atom stereocenters. The van der Waals surface area contributed by atoms with Crippen molar-refractivity contribution in [1.29, 1.82) is 0 Å². The third kappa shape index (κ3) is 4.31. The Balaban J connectivity index is 1.38. The fraction of sp³-hybridized carbons (Fsp3) is 0.0370. The monoisotopic (exact) mass is 453 g/mol. The molecular formula is C27H20FN3O3. The lowest BCUT2D eigenvalue weighted by Gasteiger charge is -2.08. The molecule has 2 N–H and O–H groups in total. The maximum atomic E-state index is 12.9. The van der Waals surface area contributed by atoms with Crippen LogP contribution in [-0.2, 0) is 6.67 Å². The van der Waals surface area contributed by atoms with E-state index in [0.717, 1.165) is 5.75 Å². The SMILES string of the molecule is O=C(Nc1ccc(Oc2ccccc2)cc1)c1cc2ccc(=O)n(-c3ccc(CF)cc3)c2[nH]1. The second-order valence-corrected chi connectivity index (χ2v) is 7.69. The molecule has 0 saturated heterocycles. The van der Waals surface area contributed by atoms with Crippen LogP contribution < -0.4 is 15.6 Å². The number of hydrogen-bond donors (Lipinski definition) is 2. The summed E-state index contributed by atoms with van der Waals surface area (Å²) < 4.78 is 20.1. The van der Waals surface area contributed by atoms with E-state index in [1.54, 1.807) is 60.7 Å². The zero-order valence-corrected chi connectivity index (χ0v) is 18.0. The maximum Gasteiger partial charge on any atom is 0.272 e. The number of para-hydroxylation sites is 1. The first-order valence-electron chi connectivity index (χ1n) is 10.6. The van der Waals surface area contributed by atoms with Crippen LogP contribution >= 0.6 is 0 Å². The quantitative estimate of drug-likeness (QED) is 0.340. The normalized spacial score (nSPS) is 10.9. The Hall–Kier alpha value is -4.65. The van der Waals surface area contributed by atoms with Crippen LogP contribution in [-0.4, -0.2) is 15.5 Å². The van der Waals surface area contributed by atoms with Crippen molar-refractivity contribution in [2.24, 2.45) is 0 Å². The molecule has 168 valence electrons. The molecule has 0 saturated carbocycles. The average Bonchev–Trinajstić information content (AvgIpc) is 3.30. The van der Waals surface area contributed by atoms with Gasteiger partial charge in [0.15, 0.2) is 0 Å². The molecule has 34 heavy (non-hydrogen) atoms. The van der Waals surface area contributed by atoms with E-state index in [9.17, 15) is 14.0 Å². The molecule has 3 aromatic carbocycles. The van der Waals surface area contributed by atoms with Crippen molar-refractivity contribution in [3.8, 4) is 17.2 Å². The second-order valence-electron chi connectivity index (χ2n) is 7.69. The number of halogens is 1. The van der Waals surface area contributed by atoms with E-state index in [-0.39, 0.29) is 11.5 Å². The van der Waals surface area contributed by atoms with Crippen LogP contribution in [0.1, 0.15) is 16.1 Å². The van der Waals surface area contributed by atoms with Gasteiger partial charge in [0.1, 0.15) is 29.5 Å². The molecular weight excluding hydrogens is 433 g/mol. The molecule has 0 spiro atoms. The van der Waals surface area contributed by atoms with Crippen LogP contribution in [0.5, 0.6) is 11.5 Å². The molecule has 0 aliphatic rings. The van der Waals surface area contributed by atoms with Gasteiger partial charge >= 0.3 is 0 Å². The lowest BCUT2D eigenvalue weighted by Crippen LogP contribution is -2.17. The number of benzene rings is 3. The molecule has 5 rings (SSSR count). The molecule has 1 amide bonds.